The zero-order valence-electron chi connectivity index (χ0n) is 14.1. The largest absolute Gasteiger partial charge is 0.0876 e. The van der Waals surface area contributed by atoms with E-state index in [4.69, 9.17) is 0 Å². The topological polar surface area (TPSA) is 0 Å². The molecule has 0 amide bonds. The minimum absolute atomic E-state index is 0.881. The number of hydrogen-bond donors (Lipinski definition) is 0. The summed E-state index contributed by atoms with van der Waals surface area (Å²) in [6, 6.07) is 27.1. The normalized spacial score (nSPS) is 11.8. The molecule has 0 heterocycles. The van der Waals surface area contributed by atoms with Gasteiger partial charge in [-0.2, -0.15) is 0 Å². The van der Waals surface area contributed by atoms with Gasteiger partial charge in [0.2, 0.25) is 0 Å². The fraction of sp³-hybridized carbons (Fsp3) is 0.0833. The van der Waals surface area contributed by atoms with E-state index < -0.39 is 0 Å². The number of rotatable bonds is 2. The Kier molecular flexibility index (Phi) is 3.99. The van der Waals surface area contributed by atoms with Gasteiger partial charge in [-0.1, -0.05) is 56.1 Å². The highest BCUT2D eigenvalue weighted by Gasteiger charge is 2.07. The Hall–Kier alpha value is -1.90. The average molecular weight is 464 g/mol. The van der Waals surface area contributed by atoms with E-state index in [1.807, 2.05) is 0 Å². The van der Waals surface area contributed by atoms with Crippen LogP contribution in [-0.4, -0.2) is 0 Å². The van der Waals surface area contributed by atoms with E-state index in [1.165, 1.54) is 54.2 Å². The van der Waals surface area contributed by atoms with Gasteiger partial charge in [0.05, 0.1) is 0 Å². The van der Waals surface area contributed by atoms with Crippen molar-refractivity contribution < 1.29 is 0 Å². The first-order valence-electron chi connectivity index (χ1n) is 8.69. The van der Waals surface area contributed by atoms with Crippen molar-refractivity contribution in [2.24, 2.45) is 0 Å². The van der Waals surface area contributed by atoms with E-state index in [0.29, 0.717) is 0 Å². The molecule has 0 fully saturated rings. The second-order valence-corrected chi connectivity index (χ2v) is 7.95. The number of halogens is 2. The summed E-state index contributed by atoms with van der Waals surface area (Å²) >= 11 is 7.24. The van der Waals surface area contributed by atoms with Crippen LogP contribution in [0.4, 0.5) is 0 Å². The van der Waals surface area contributed by atoms with Gasteiger partial charge in [-0.25, -0.2) is 0 Å². The molecule has 0 N–H and O–H groups in total. The average Bonchev–Trinajstić information content (AvgIpc) is 2.68. The van der Waals surface area contributed by atoms with E-state index in [9.17, 15) is 0 Å². The third kappa shape index (κ3) is 2.64. The summed E-state index contributed by atoms with van der Waals surface area (Å²) in [5.41, 5.74) is 2.70. The minimum atomic E-state index is 0.881. The van der Waals surface area contributed by atoms with Crippen molar-refractivity contribution in [2.75, 3.05) is 0 Å². The molecular formula is C24H16Br2. The third-order valence-electron chi connectivity index (χ3n) is 5.22. The monoisotopic (exact) mass is 462 g/mol. The van der Waals surface area contributed by atoms with E-state index >= 15 is 0 Å². The Morgan fingerprint density at radius 1 is 0.423 bits per heavy atom. The SMILES string of the molecule is BrCc1cc2cc3cc4cc5ccccc5cc4cc3cc2cc1CBr. The van der Waals surface area contributed by atoms with Gasteiger partial charge in [0.25, 0.3) is 0 Å². The molecule has 0 aliphatic heterocycles. The summed E-state index contributed by atoms with van der Waals surface area (Å²) in [7, 11) is 0. The highest BCUT2D eigenvalue weighted by Crippen LogP contribution is 2.32. The maximum atomic E-state index is 3.62. The van der Waals surface area contributed by atoms with Crippen LogP contribution in [0.3, 0.4) is 0 Å². The Morgan fingerprint density at radius 3 is 1.08 bits per heavy atom. The highest BCUT2D eigenvalue weighted by molar-refractivity contribution is 9.09. The van der Waals surface area contributed by atoms with Crippen molar-refractivity contribution in [1.29, 1.82) is 0 Å². The number of alkyl halides is 2. The van der Waals surface area contributed by atoms with Crippen LogP contribution in [-0.2, 0) is 10.7 Å². The molecule has 0 atom stereocenters. The molecule has 126 valence electrons. The van der Waals surface area contributed by atoms with Crippen molar-refractivity contribution in [3.8, 4) is 0 Å². The first-order valence-corrected chi connectivity index (χ1v) is 10.9. The Balaban J connectivity index is 1.83. The van der Waals surface area contributed by atoms with E-state index in [0.717, 1.165) is 10.7 Å². The van der Waals surface area contributed by atoms with Crippen LogP contribution in [0.5, 0.6) is 0 Å². The molecule has 5 rings (SSSR count). The number of fused-ring (bicyclic) bond motifs is 4. The molecule has 0 aliphatic rings. The molecule has 2 heteroatoms. The lowest BCUT2D eigenvalue weighted by molar-refractivity contribution is 1.32. The van der Waals surface area contributed by atoms with Gasteiger partial charge in [0.1, 0.15) is 0 Å². The molecule has 0 spiro atoms. The van der Waals surface area contributed by atoms with Gasteiger partial charge in [-0.3, -0.25) is 0 Å². The van der Waals surface area contributed by atoms with Crippen LogP contribution in [0.2, 0.25) is 0 Å². The minimum Gasteiger partial charge on any atom is -0.0876 e. The lowest BCUT2D eigenvalue weighted by atomic mass is 9.96. The van der Waals surface area contributed by atoms with Crippen LogP contribution in [0.25, 0.3) is 43.1 Å². The van der Waals surface area contributed by atoms with Crippen molar-refractivity contribution >= 4 is 74.9 Å². The van der Waals surface area contributed by atoms with E-state index in [-0.39, 0.29) is 0 Å². The van der Waals surface area contributed by atoms with Crippen LogP contribution < -0.4 is 0 Å². The Labute approximate surface area is 169 Å². The molecule has 0 nitrogen and oxygen atoms in total. The molecule has 0 saturated carbocycles. The van der Waals surface area contributed by atoms with Crippen molar-refractivity contribution in [2.45, 2.75) is 10.7 Å². The lowest BCUT2D eigenvalue weighted by Gasteiger charge is -2.10. The summed E-state index contributed by atoms with van der Waals surface area (Å²) in [6.07, 6.45) is 0. The molecular weight excluding hydrogens is 448 g/mol. The third-order valence-corrected chi connectivity index (χ3v) is 6.43. The molecule has 26 heavy (non-hydrogen) atoms. The summed E-state index contributed by atoms with van der Waals surface area (Å²) < 4.78 is 0. The fourth-order valence-corrected chi connectivity index (χ4v) is 4.88. The van der Waals surface area contributed by atoms with Crippen LogP contribution in [0, 0.1) is 0 Å². The summed E-state index contributed by atoms with van der Waals surface area (Å²) in [6.45, 7) is 0. The van der Waals surface area contributed by atoms with Gasteiger partial charge in [-0.15, -0.1) is 0 Å². The first-order chi connectivity index (χ1) is 12.7. The van der Waals surface area contributed by atoms with Crippen LogP contribution >= 0.6 is 31.9 Å². The van der Waals surface area contributed by atoms with Crippen LogP contribution in [0.15, 0.2) is 72.8 Å². The second kappa shape index (κ2) is 6.37. The molecule has 5 aromatic carbocycles. The smallest absolute Gasteiger partial charge is 0.0286 e. The number of hydrogen-bond acceptors (Lipinski definition) is 0. The fourth-order valence-electron chi connectivity index (χ4n) is 3.84. The predicted molar refractivity (Wildman–Crippen MR) is 122 cm³/mol. The first kappa shape index (κ1) is 16.3. The maximum Gasteiger partial charge on any atom is 0.0286 e. The molecule has 0 radical (unpaired) electrons. The van der Waals surface area contributed by atoms with E-state index in [1.54, 1.807) is 0 Å². The molecule has 0 aliphatic carbocycles. The zero-order valence-corrected chi connectivity index (χ0v) is 17.3. The highest BCUT2D eigenvalue weighted by atomic mass is 79.9. The molecule has 0 unspecified atom stereocenters. The van der Waals surface area contributed by atoms with Gasteiger partial charge < -0.3 is 0 Å². The molecule has 5 aromatic rings. The zero-order chi connectivity index (χ0) is 17.7. The summed E-state index contributed by atoms with van der Waals surface area (Å²) in [5, 5.41) is 12.2. The number of benzene rings is 5. The molecule has 0 aromatic heterocycles. The van der Waals surface area contributed by atoms with E-state index in [2.05, 4.69) is 105 Å². The summed E-state index contributed by atoms with van der Waals surface area (Å²) in [5.74, 6) is 0. The quantitative estimate of drug-likeness (QED) is 0.183. The van der Waals surface area contributed by atoms with Gasteiger partial charge in [0, 0.05) is 10.7 Å². The Morgan fingerprint density at radius 2 is 0.731 bits per heavy atom. The van der Waals surface area contributed by atoms with Crippen molar-refractivity contribution in [1.82, 2.24) is 0 Å². The Bertz CT molecular complexity index is 1200. The second-order valence-electron chi connectivity index (χ2n) is 6.83. The predicted octanol–water partition coefficient (Wildman–Crippen LogP) is 8.09. The van der Waals surface area contributed by atoms with Gasteiger partial charge in [0.15, 0.2) is 0 Å². The van der Waals surface area contributed by atoms with Crippen molar-refractivity contribution in [3.05, 3.63) is 83.9 Å². The van der Waals surface area contributed by atoms with Crippen molar-refractivity contribution in [3.63, 3.8) is 0 Å². The van der Waals surface area contributed by atoms with Gasteiger partial charge in [-0.05, 0) is 103 Å². The standard InChI is InChI=1S/C24H16Br2/c25-13-23-11-21-9-19-7-17-5-15-3-1-2-4-16(15)6-18(17)8-20(19)10-22(21)12-24(23)14-26/h1-12H,13-14H2. The summed E-state index contributed by atoms with van der Waals surface area (Å²) in [4.78, 5) is 0. The molecule has 0 saturated heterocycles. The van der Waals surface area contributed by atoms with Gasteiger partial charge >= 0.3 is 0 Å². The molecule has 0 bridgehead atoms. The lowest BCUT2D eigenvalue weighted by Crippen LogP contribution is -1.89. The van der Waals surface area contributed by atoms with Crippen LogP contribution in [0.1, 0.15) is 11.1 Å². The maximum absolute atomic E-state index is 3.62.